The zero-order chi connectivity index (χ0) is 21.6. The normalized spacial score (nSPS) is 12.4. The molecule has 0 saturated carbocycles. The summed E-state index contributed by atoms with van der Waals surface area (Å²) in [7, 11) is -2.87. The summed E-state index contributed by atoms with van der Waals surface area (Å²) in [6, 6.07) is 8.89. The minimum absolute atomic E-state index is 0.171. The van der Waals surface area contributed by atoms with Crippen molar-refractivity contribution in [2.75, 3.05) is 11.8 Å². The van der Waals surface area contributed by atoms with Crippen LogP contribution in [0, 0.1) is 0 Å². The molecule has 7 nitrogen and oxygen atoms in total. The summed E-state index contributed by atoms with van der Waals surface area (Å²) in [5.41, 5.74) is 2.03. The van der Waals surface area contributed by atoms with E-state index in [4.69, 9.17) is 0 Å². The summed E-state index contributed by atoms with van der Waals surface area (Å²) in [6.07, 6.45) is 2.01. The molecule has 0 saturated heterocycles. The predicted octanol–water partition coefficient (Wildman–Crippen LogP) is 3.25. The van der Waals surface area contributed by atoms with Gasteiger partial charge in [-0.3, -0.25) is 4.72 Å². The number of phenols is 1. The Hall–Kier alpha value is -2.58. The van der Waals surface area contributed by atoms with Crippen LogP contribution in [0.1, 0.15) is 48.2 Å². The number of aromatic hydroxyl groups is 1. The van der Waals surface area contributed by atoms with E-state index in [-0.39, 0.29) is 16.2 Å². The first kappa shape index (κ1) is 22.7. The third kappa shape index (κ3) is 5.71. The van der Waals surface area contributed by atoms with Crippen molar-refractivity contribution in [3.63, 3.8) is 0 Å². The van der Waals surface area contributed by atoms with Gasteiger partial charge in [0.05, 0.1) is 23.8 Å². The van der Waals surface area contributed by atoms with Gasteiger partial charge in [0.1, 0.15) is 11.3 Å². The zero-order valence-electron chi connectivity index (χ0n) is 16.8. The lowest BCUT2D eigenvalue weighted by molar-refractivity contribution is 0.0597. The van der Waals surface area contributed by atoms with Gasteiger partial charge in [-0.25, -0.2) is 13.2 Å². The molecule has 0 bridgehead atoms. The summed E-state index contributed by atoms with van der Waals surface area (Å²) in [5.74, 6) is -1.20. The monoisotopic (exact) mass is 421 g/mol. The molecule has 158 valence electrons. The van der Waals surface area contributed by atoms with Crippen LogP contribution in [0.25, 0.3) is 0 Å². The van der Waals surface area contributed by atoms with Crippen LogP contribution in [-0.2, 0) is 27.6 Å². The van der Waals surface area contributed by atoms with E-state index in [0.717, 1.165) is 36.8 Å². The van der Waals surface area contributed by atoms with Gasteiger partial charge in [0, 0.05) is 0 Å². The van der Waals surface area contributed by atoms with E-state index in [9.17, 15) is 23.4 Å². The first-order valence-corrected chi connectivity index (χ1v) is 10.9. The lowest BCUT2D eigenvalue weighted by Crippen LogP contribution is -2.16. The number of anilines is 1. The largest absolute Gasteiger partial charge is 0.507 e. The maximum atomic E-state index is 12.9. The van der Waals surface area contributed by atoms with E-state index in [1.165, 1.54) is 6.07 Å². The molecule has 0 heterocycles. The van der Waals surface area contributed by atoms with E-state index in [1.54, 1.807) is 6.07 Å². The van der Waals surface area contributed by atoms with Gasteiger partial charge in [-0.1, -0.05) is 26.0 Å². The first-order chi connectivity index (χ1) is 13.7. The van der Waals surface area contributed by atoms with Crippen molar-refractivity contribution in [1.82, 2.24) is 0 Å². The Morgan fingerprint density at radius 1 is 1.17 bits per heavy atom. The maximum Gasteiger partial charge on any atom is 0.341 e. The van der Waals surface area contributed by atoms with Crippen LogP contribution in [0.3, 0.4) is 0 Å². The van der Waals surface area contributed by atoms with E-state index in [0.29, 0.717) is 24.9 Å². The number of benzene rings is 2. The van der Waals surface area contributed by atoms with E-state index in [2.05, 4.69) is 9.46 Å². The van der Waals surface area contributed by atoms with Gasteiger partial charge >= 0.3 is 5.97 Å². The number of methoxy groups -OCH3 is 1. The lowest BCUT2D eigenvalue weighted by Gasteiger charge is -2.16. The number of hydrogen-bond acceptors (Lipinski definition) is 6. The lowest BCUT2D eigenvalue weighted by atomic mass is 10.0. The minimum atomic E-state index is -4.01. The SMILES string of the molecule is CCc1ccc(NS(=O)(=O)c2ccc(O)c(C(=O)OC)c2)c(CCC(O)CC)c1. The Labute approximate surface area is 171 Å². The maximum absolute atomic E-state index is 12.9. The van der Waals surface area contributed by atoms with Crippen LogP contribution >= 0.6 is 0 Å². The third-order valence-electron chi connectivity index (χ3n) is 4.72. The Morgan fingerprint density at radius 3 is 2.52 bits per heavy atom. The van der Waals surface area contributed by atoms with Gasteiger partial charge in [0.25, 0.3) is 10.0 Å². The number of carbonyl (C=O) groups is 1. The van der Waals surface area contributed by atoms with Gasteiger partial charge < -0.3 is 14.9 Å². The highest BCUT2D eigenvalue weighted by molar-refractivity contribution is 7.92. The van der Waals surface area contributed by atoms with Crippen molar-refractivity contribution in [2.45, 2.75) is 50.5 Å². The molecule has 2 rings (SSSR count). The zero-order valence-corrected chi connectivity index (χ0v) is 17.6. The van der Waals surface area contributed by atoms with Gasteiger partial charge in [-0.15, -0.1) is 0 Å². The topological polar surface area (TPSA) is 113 Å². The van der Waals surface area contributed by atoms with Crippen LogP contribution in [0.2, 0.25) is 0 Å². The molecule has 2 aromatic rings. The molecule has 0 spiro atoms. The van der Waals surface area contributed by atoms with Gasteiger partial charge in [-0.05, 0) is 61.1 Å². The molecule has 8 heteroatoms. The molecule has 29 heavy (non-hydrogen) atoms. The molecule has 0 aliphatic rings. The molecule has 0 fully saturated rings. The van der Waals surface area contributed by atoms with Crippen molar-refractivity contribution in [3.8, 4) is 5.75 Å². The molecule has 3 N–H and O–H groups in total. The second kappa shape index (κ2) is 9.76. The Kier molecular flexibility index (Phi) is 7.64. The molecule has 0 amide bonds. The van der Waals surface area contributed by atoms with Crippen LogP contribution in [0.4, 0.5) is 5.69 Å². The van der Waals surface area contributed by atoms with E-state index >= 15 is 0 Å². The number of esters is 1. The van der Waals surface area contributed by atoms with Gasteiger partial charge in [0.15, 0.2) is 0 Å². The average molecular weight is 422 g/mol. The van der Waals surface area contributed by atoms with Crippen molar-refractivity contribution in [1.29, 1.82) is 0 Å². The second-order valence-electron chi connectivity index (χ2n) is 6.72. The molecular weight excluding hydrogens is 394 g/mol. The predicted molar refractivity (Wildman–Crippen MR) is 111 cm³/mol. The average Bonchev–Trinajstić information content (AvgIpc) is 2.72. The van der Waals surface area contributed by atoms with Crippen molar-refractivity contribution in [2.24, 2.45) is 0 Å². The van der Waals surface area contributed by atoms with Crippen LogP contribution in [0.5, 0.6) is 5.75 Å². The number of ether oxygens (including phenoxy) is 1. The first-order valence-electron chi connectivity index (χ1n) is 9.45. The smallest absolute Gasteiger partial charge is 0.341 e. The Balaban J connectivity index is 2.38. The van der Waals surface area contributed by atoms with Gasteiger partial charge in [-0.2, -0.15) is 0 Å². The fourth-order valence-electron chi connectivity index (χ4n) is 2.86. The number of rotatable bonds is 9. The van der Waals surface area contributed by atoms with Crippen molar-refractivity contribution >= 4 is 21.7 Å². The number of aliphatic hydroxyl groups is 1. The van der Waals surface area contributed by atoms with E-state index in [1.807, 2.05) is 26.0 Å². The third-order valence-corrected chi connectivity index (χ3v) is 6.09. The number of aryl methyl sites for hydroxylation is 2. The van der Waals surface area contributed by atoms with Crippen LogP contribution in [-0.4, -0.2) is 37.8 Å². The molecule has 0 aliphatic carbocycles. The number of sulfonamides is 1. The number of hydrogen-bond donors (Lipinski definition) is 3. The highest BCUT2D eigenvalue weighted by Crippen LogP contribution is 2.27. The standard InChI is InChI=1S/C21H27NO6S/c1-4-14-6-10-19(15(12-14)7-8-16(23)5-2)22-29(26,27)17-9-11-20(24)18(13-17)21(25)28-3/h6,9-13,16,22-24H,4-5,7-8H2,1-3H3. The number of phenolic OH excluding ortho intramolecular Hbond substituents is 1. The van der Waals surface area contributed by atoms with Gasteiger partial charge in [0.2, 0.25) is 0 Å². The summed E-state index contributed by atoms with van der Waals surface area (Å²) >= 11 is 0. The molecule has 0 radical (unpaired) electrons. The number of aliphatic hydroxyl groups excluding tert-OH is 1. The highest BCUT2D eigenvalue weighted by atomic mass is 32.2. The number of nitrogens with one attached hydrogen (secondary N) is 1. The Bertz CT molecular complexity index is 971. The summed E-state index contributed by atoms with van der Waals surface area (Å²) in [4.78, 5) is 11.6. The van der Waals surface area contributed by atoms with E-state index < -0.39 is 22.1 Å². The summed E-state index contributed by atoms with van der Waals surface area (Å²) < 4.78 is 32.9. The van der Waals surface area contributed by atoms with Crippen LogP contribution < -0.4 is 4.72 Å². The molecule has 1 atom stereocenters. The van der Waals surface area contributed by atoms with Crippen molar-refractivity contribution in [3.05, 3.63) is 53.1 Å². The summed E-state index contributed by atoms with van der Waals surface area (Å²) in [5, 5.41) is 19.7. The fraction of sp³-hybridized carbons (Fsp3) is 0.381. The molecule has 0 aliphatic heterocycles. The van der Waals surface area contributed by atoms with Crippen LogP contribution in [0.15, 0.2) is 41.3 Å². The molecule has 2 aromatic carbocycles. The fourth-order valence-corrected chi connectivity index (χ4v) is 3.99. The molecular formula is C21H27NO6S. The second-order valence-corrected chi connectivity index (χ2v) is 8.40. The quantitative estimate of drug-likeness (QED) is 0.536. The Morgan fingerprint density at radius 2 is 1.90 bits per heavy atom. The minimum Gasteiger partial charge on any atom is -0.507 e. The highest BCUT2D eigenvalue weighted by Gasteiger charge is 2.21. The molecule has 1 unspecified atom stereocenters. The number of carbonyl (C=O) groups excluding carboxylic acids is 1. The van der Waals surface area contributed by atoms with Crippen molar-refractivity contribution < 1.29 is 28.2 Å². The molecule has 0 aromatic heterocycles. The summed E-state index contributed by atoms with van der Waals surface area (Å²) in [6.45, 7) is 3.90.